The molecule has 2 unspecified atom stereocenters. The highest BCUT2D eigenvalue weighted by molar-refractivity contribution is 5.72. The zero-order valence-electron chi connectivity index (χ0n) is 11.2. The van der Waals surface area contributed by atoms with Gasteiger partial charge in [-0.05, 0) is 26.9 Å². The zero-order valence-corrected chi connectivity index (χ0v) is 11.2. The van der Waals surface area contributed by atoms with Crippen molar-refractivity contribution in [2.45, 2.75) is 45.7 Å². The van der Waals surface area contributed by atoms with Gasteiger partial charge in [0.15, 0.2) is 0 Å². The van der Waals surface area contributed by atoms with Gasteiger partial charge in [-0.25, -0.2) is 0 Å². The summed E-state index contributed by atoms with van der Waals surface area (Å²) >= 11 is 0. The van der Waals surface area contributed by atoms with Gasteiger partial charge in [0.05, 0.1) is 0 Å². The van der Waals surface area contributed by atoms with E-state index in [0.29, 0.717) is 12.0 Å². The van der Waals surface area contributed by atoms with Crippen molar-refractivity contribution in [1.29, 1.82) is 0 Å². The lowest BCUT2D eigenvalue weighted by molar-refractivity contribution is -0.139. The van der Waals surface area contributed by atoms with Crippen LogP contribution in [0.1, 0.15) is 33.6 Å². The first-order chi connectivity index (χ1) is 7.43. The van der Waals surface area contributed by atoms with E-state index in [2.05, 4.69) is 38.2 Å². The number of hydrogen-bond acceptors (Lipinski definition) is 3. The SMILES string of the molecule is CCC(CC)C(CNC(C)C(=O)O)N(C)C. The van der Waals surface area contributed by atoms with Crippen LogP contribution in [0.2, 0.25) is 0 Å². The van der Waals surface area contributed by atoms with Crippen molar-refractivity contribution in [3.8, 4) is 0 Å². The van der Waals surface area contributed by atoms with Gasteiger partial charge in [0.25, 0.3) is 0 Å². The third kappa shape index (κ3) is 4.94. The molecule has 0 aliphatic heterocycles. The number of carboxylic acid groups (broad SMARTS) is 1. The van der Waals surface area contributed by atoms with Gasteiger partial charge in [-0.15, -0.1) is 0 Å². The molecule has 0 radical (unpaired) electrons. The van der Waals surface area contributed by atoms with Gasteiger partial charge in [-0.2, -0.15) is 0 Å². The third-order valence-electron chi connectivity index (χ3n) is 3.26. The van der Waals surface area contributed by atoms with E-state index < -0.39 is 12.0 Å². The van der Waals surface area contributed by atoms with Crippen LogP contribution in [0.4, 0.5) is 0 Å². The number of nitrogens with one attached hydrogen (secondary N) is 1. The second kappa shape index (κ2) is 7.63. The molecule has 0 aromatic carbocycles. The van der Waals surface area contributed by atoms with Crippen LogP contribution in [0.15, 0.2) is 0 Å². The first kappa shape index (κ1) is 15.4. The Morgan fingerprint density at radius 3 is 2.12 bits per heavy atom. The highest BCUT2D eigenvalue weighted by atomic mass is 16.4. The second-order valence-electron chi connectivity index (χ2n) is 4.58. The summed E-state index contributed by atoms with van der Waals surface area (Å²) in [6.45, 7) is 6.78. The topological polar surface area (TPSA) is 52.6 Å². The Labute approximate surface area is 99.0 Å². The molecule has 0 aromatic rings. The summed E-state index contributed by atoms with van der Waals surface area (Å²) in [6.07, 6.45) is 2.25. The van der Waals surface area contributed by atoms with E-state index in [1.165, 1.54) is 0 Å². The summed E-state index contributed by atoms with van der Waals surface area (Å²) in [5.74, 6) is -0.175. The van der Waals surface area contributed by atoms with Crippen LogP contribution in [0.25, 0.3) is 0 Å². The van der Waals surface area contributed by atoms with Gasteiger partial charge in [0.2, 0.25) is 0 Å². The lowest BCUT2D eigenvalue weighted by atomic mass is 9.93. The van der Waals surface area contributed by atoms with E-state index in [1.807, 2.05) is 0 Å². The normalized spacial score (nSPS) is 15.4. The standard InChI is InChI=1S/C12H26N2O2/c1-6-10(7-2)11(14(4)5)8-13-9(3)12(15)16/h9-11,13H,6-8H2,1-5H3,(H,15,16). The number of hydrogen-bond donors (Lipinski definition) is 2. The molecule has 4 heteroatoms. The van der Waals surface area contributed by atoms with Gasteiger partial charge < -0.3 is 15.3 Å². The lowest BCUT2D eigenvalue weighted by Crippen LogP contribution is -2.47. The monoisotopic (exact) mass is 230 g/mol. The van der Waals surface area contributed by atoms with Gasteiger partial charge in [0, 0.05) is 12.6 Å². The molecule has 0 spiro atoms. The van der Waals surface area contributed by atoms with Crippen LogP contribution < -0.4 is 5.32 Å². The van der Waals surface area contributed by atoms with Gasteiger partial charge >= 0.3 is 5.97 Å². The summed E-state index contributed by atoms with van der Waals surface area (Å²) in [6, 6.07) is -0.0754. The number of nitrogens with zero attached hydrogens (tertiary/aromatic N) is 1. The largest absolute Gasteiger partial charge is 0.480 e. The summed E-state index contributed by atoms with van der Waals surface area (Å²) in [5, 5.41) is 11.9. The molecule has 16 heavy (non-hydrogen) atoms. The van der Waals surface area contributed by atoms with Gasteiger partial charge in [-0.1, -0.05) is 26.7 Å². The van der Waals surface area contributed by atoms with E-state index in [9.17, 15) is 4.79 Å². The maximum absolute atomic E-state index is 10.7. The Balaban J connectivity index is 4.28. The molecular weight excluding hydrogens is 204 g/mol. The van der Waals surface area contributed by atoms with Crippen molar-refractivity contribution >= 4 is 5.97 Å². The molecule has 0 saturated carbocycles. The predicted molar refractivity (Wildman–Crippen MR) is 66.6 cm³/mol. The fraction of sp³-hybridized carbons (Fsp3) is 0.917. The van der Waals surface area contributed by atoms with Crippen LogP contribution in [0, 0.1) is 5.92 Å². The first-order valence-corrected chi connectivity index (χ1v) is 6.06. The van der Waals surface area contributed by atoms with Crippen LogP contribution >= 0.6 is 0 Å². The minimum absolute atomic E-state index is 0.400. The van der Waals surface area contributed by atoms with Crippen LogP contribution in [0.3, 0.4) is 0 Å². The molecule has 0 aliphatic carbocycles. The number of likely N-dealkylation sites (N-methyl/N-ethyl adjacent to an activating group) is 1. The average molecular weight is 230 g/mol. The van der Waals surface area contributed by atoms with E-state index in [0.717, 1.165) is 19.4 Å². The maximum atomic E-state index is 10.7. The molecule has 0 fully saturated rings. The Morgan fingerprint density at radius 1 is 1.31 bits per heavy atom. The summed E-state index contributed by atoms with van der Waals surface area (Å²) in [5.41, 5.74) is 0. The molecule has 2 atom stereocenters. The Morgan fingerprint density at radius 2 is 1.81 bits per heavy atom. The molecular formula is C12H26N2O2. The average Bonchev–Trinajstić information content (AvgIpc) is 2.22. The van der Waals surface area contributed by atoms with Crippen molar-refractivity contribution in [1.82, 2.24) is 10.2 Å². The van der Waals surface area contributed by atoms with Crippen LogP contribution in [-0.4, -0.2) is 48.7 Å². The Kier molecular flexibility index (Phi) is 7.34. The minimum atomic E-state index is -0.790. The molecule has 0 rings (SSSR count). The molecule has 0 bridgehead atoms. The molecule has 4 nitrogen and oxygen atoms in total. The fourth-order valence-electron chi connectivity index (χ4n) is 1.99. The first-order valence-electron chi connectivity index (χ1n) is 6.06. The summed E-state index contributed by atoms with van der Waals surface area (Å²) in [4.78, 5) is 12.9. The summed E-state index contributed by atoms with van der Waals surface area (Å²) in [7, 11) is 4.10. The molecule has 0 aliphatic rings. The molecule has 96 valence electrons. The highest BCUT2D eigenvalue weighted by Gasteiger charge is 2.22. The summed E-state index contributed by atoms with van der Waals surface area (Å²) < 4.78 is 0. The van der Waals surface area contributed by atoms with Crippen LogP contribution in [-0.2, 0) is 4.79 Å². The van der Waals surface area contributed by atoms with E-state index in [1.54, 1.807) is 6.92 Å². The van der Waals surface area contributed by atoms with Crippen molar-refractivity contribution in [3.63, 3.8) is 0 Å². The number of aliphatic carboxylic acids is 1. The third-order valence-corrected chi connectivity index (χ3v) is 3.26. The molecule has 0 aromatic heterocycles. The van der Waals surface area contributed by atoms with Gasteiger partial charge in [0.1, 0.15) is 6.04 Å². The van der Waals surface area contributed by atoms with Crippen LogP contribution in [0.5, 0.6) is 0 Å². The van der Waals surface area contributed by atoms with Crippen molar-refractivity contribution < 1.29 is 9.90 Å². The van der Waals surface area contributed by atoms with Crippen molar-refractivity contribution in [2.24, 2.45) is 5.92 Å². The van der Waals surface area contributed by atoms with Crippen molar-refractivity contribution in [3.05, 3.63) is 0 Å². The second-order valence-corrected chi connectivity index (χ2v) is 4.58. The molecule has 0 heterocycles. The Hall–Kier alpha value is -0.610. The molecule has 2 N–H and O–H groups in total. The predicted octanol–water partition coefficient (Wildman–Crippen LogP) is 1.42. The highest BCUT2D eigenvalue weighted by Crippen LogP contribution is 2.16. The smallest absolute Gasteiger partial charge is 0.320 e. The molecule has 0 amide bonds. The lowest BCUT2D eigenvalue weighted by Gasteiger charge is -2.32. The number of carboxylic acids is 1. The number of carbonyl (C=O) groups is 1. The quantitative estimate of drug-likeness (QED) is 0.662. The zero-order chi connectivity index (χ0) is 12.7. The van der Waals surface area contributed by atoms with E-state index in [-0.39, 0.29) is 0 Å². The Bertz CT molecular complexity index is 203. The van der Waals surface area contributed by atoms with Gasteiger partial charge in [-0.3, -0.25) is 4.79 Å². The maximum Gasteiger partial charge on any atom is 0.320 e. The molecule has 0 saturated heterocycles. The number of rotatable bonds is 8. The fourth-order valence-corrected chi connectivity index (χ4v) is 1.99. The van der Waals surface area contributed by atoms with E-state index >= 15 is 0 Å². The van der Waals surface area contributed by atoms with E-state index in [4.69, 9.17) is 5.11 Å². The van der Waals surface area contributed by atoms with Crippen molar-refractivity contribution in [2.75, 3.05) is 20.6 Å². The minimum Gasteiger partial charge on any atom is -0.480 e.